The van der Waals surface area contributed by atoms with Crippen LogP contribution >= 0.6 is 11.6 Å². The van der Waals surface area contributed by atoms with E-state index < -0.39 is 0 Å². The number of benzene rings is 2. The number of halogens is 1. The molecule has 0 heterocycles. The van der Waals surface area contributed by atoms with E-state index in [0.29, 0.717) is 28.6 Å². The standard InChI is InChI=1S/C15H13ClN2O/c1-10-2-4-15(13(16)6-10)19-14-5-3-11(8-17)7-12(14)9-18/h2-7H,8,17H2,1H3. The van der Waals surface area contributed by atoms with Gasteiger partial charge in [-0.15, -0.1) is 0 Å². The van der Waals surface area contributed by atoms with Crippen LogP contribution in [0.25, 0.3) is 0 Å². The molecule has 2 rings (SSSR count). The molecule has 0 fully saturated rings. The fourth-order valence-electron chi connectivity index (χ4n) is 1.69. The predicted octanol–water partition coefficient (Wildman–Crippen LogP) is 3.77. The lowest BCUT2D eigenvalue weighted by molar-refractivity contribution is 0.481. The van der Waals surface area contributed by atoms with E-state index in [4.69, 9.17) is 27.3 Å². The number of hydrogen-bond acceptors (Lipinski definition) is 3. The summed E-state index contributed by atoms with van der Waals surface area (Å²) in [6, 6.07) is 12.9. The van der Waals surface area contributed by atoms with Crippen molar-refractivity contribution < 1.29 is 4.74 Å². The summed E-state index contributed by atoms with van der Waals surface area (Å²) in [6.45, 7) is 2.34. The Balaban J connectivity index is 2.35. The maximum Gasteiger partial charge on any atom is 0.146 e. The molecule has 0 saturated heterocycles. The van der Waals surface area contributed by atoms with Gasteiger partial charge in [-0.2, -0.15) is 5.26 Å². The second kappa shape index (κ2) is 5.75. The smallest absolute Gasteiger partial charge is 0.146 e. The molecule has 0 bridgehead atoms. The molecule has 19 heavy (non-hydrogen) atoms. The van der Waals surface area contributed by atoms with Crippen LogP contribution in [0.3, 0.4) is 0 Å². The van der Waals surface area contributed by atoms with Crippen molar-refractivity contribution in [1.82, 2.24) is 0 Å². The van der Waals surface area contributed by atoms with Crippen LogP contribution in [0.4, 0.5) is 0 Å². The Labute approximate surface area is 117 Å². The molecular formula is C15H13ClN2O. The molecule has 4 heteroatoms. The maximum absolute atomic E-state index is 9.13. The summed E-state index contributed by atoms with van der Waals surface area (Å²) in [5.74, 6) is 1.01. The van der Waals surface area contributed by atoms with E-state index in [9.17, 15) is 0 Å². The van der Waals surface area contributed by atoms with Gasteiger partial charge in [0.15, 0.2) is 0 Å². The topological polar surface area (TPSA) is 59.0 Å². The van der Waals surface area contributed by atoms with Crippen molar-refractivity contribution in [2.45, 2.75) is 13.5 Å². The largest absolute Gasteiger partial charge is 0.454 e. The Hall–Kier alpha value is -2.02. The zero-order chi connectivity index (χ0) is 13.8. The molecule has 0 aliphatic heterocycles. The minimum Gasteiger partial charge on any atom is -0.454 e. The van der Waals surface area contributed by atoms with Crippen LogP contribution in [0.2, 0.25) is 5.02 Å². The lowest BCUT2D eigenvalue weighted by atomic mass is 10.1. The Kier molecular flexibility index (Phi) is 4.06. The first-order valence-corrected chi connectivity index (χ1v) is 6.19. The third-order valence-electron chi connectivity index (χ3n) is 2.71. The van der Waals surface area contributed by atoms with E-state index in [2.05, 4.69) is 6.07 Å². The van der Waals surface area contributed by atoms with Gasteiger partial charge >= 0.3 is 0 Å². The molecule has 0 unspecified atom stereocenters. The molecule has 0 aliphatic rings. The van der Waals surface area contributed by atoms with Crippen molar-refractivity contribution in [3.8, 4) is 17.6 Å². The lowest BCUT2D eigenvalue weighted by Crippen LogP contribution is -1.97. The van der Waals surface area contributed by atoms with E-state index in [0.717, 1.165) is 11.1 Å². The van der Waals surface area contributed by atoms with Gasteiger partial charge < -0.3 is 10.5 Å². The van der Waals surface area contributed by atoms with Crippen LogP contribution in [0.15, 0.2) is 36.4 Å². The van der Waals surface area contributed by atoms with E-state index >= 15 is 0 Å². The van der Waals surface area contributed by atoms with Crippen molar-refractivity contribution in [1.29, 1.82) is 5.26 Å². The van der Waals surface area contributed by atoms with Gasteiger partial charge in [0.1, 0.15) is 17.6 Å². The van der Waals surface area contributed by atoms with Crippen LogP contribution in [0.5, 0.6) is 11.5 Å². The summed E-state index contributed by atoms with van der Waals surface area (Å²) < 4.78 is 5.69. The highest BCUT2D eigenvalue weighted by molar-refractivity contribution is 6.32. The van der Waals surface area contributed by atoms with Gasteiger partial charge in [0, 0.05) is 6.54 Å². The maximum atomic E-state index is 9.13. The van der Waals surface area contributed by atoms with Gasteiger partial charge in [-0.3, -0.25) is 0 Å². The van der Waals surface area contributed by atoms with E-state index in [1.165, 1.54) is 0 Å². The normalized spacial score (nSPS) is 10.0. The Morgan fingerprint density at radius 2 is 1.95 bits per heavy atom. The first-order valence-electron chi connectivity index (χ1n) is 5.81. The SMILES string of the molecule is Cc1ccc(Oc2ccc(CN)cc2C#N)c(Cl)c1. The third-order valence-corrected chi connectivity index (χ3v) is 3.00. The van der Waals surface area contributed by atoms with Gasteiger partial charge in [0.2, 0.25) is 0 Å². The zero-order valence-corrected chi connectivity index (χ0v) is 11.2. The minimum absolute atomic E-state index is 0.389. The Morgan fingerprint density at radius 3 is 2.58 bits per heavy atom. The van der Waals surface area contributed by atoms with Crippen LogP contribution < -0.4 is 10.5 Å². The molecule has 0 aromatic heterocycles. The molecule has 0 saturated carbocycles. The number of hydrogen-bond donors (Lipinski definition) is 1. The molecule has 2 aromatic carbocycles. The van der Waals surface area contributed by atoms with E-state index in [1.54, 1.807) is 18.2 Å². The molecule has 2 N–H and O–H groups in total. The van der Waals surface area contributed by atoms with Crippen molar-refractivity contribution >= 4 is 11.6 Å². The quantitative estimate of drug-likeness (QED) is 0.925. The van der Waals surface area contributed by atoms with E-state index in [1.807, 2.05) is 25.1 Å². The first-order chi connectivity index (χ1) is 9.13. The minimum atomic E-state index is 0.389. The van der Waals surface area contributed by atoms with Crippen LogP contribution in [0, 0.1) is 18.3 Å². The monoisotopic (exact) mass is 272 g/mol. The highest BCUT2D eigenvalue weighted by atomic mass is 35.5. The molecule has 0 atom stereocenters. The molecular weight excluding hydrogens is 260 g/mol. The highest BCUT2D eigenvalue weighted by Crippen LogP contribution is 2.32. The van der Waals surface area contributed by atoms with Gasteiger partial charge in [0.25, 0.3) is 0 Å². The predicted molar refractivity (Wildman–Crippen MR) is 75.3 cm³/mol. The average molecular weight is 273 g/mol. The Bertz CT molecular complexity index is 647. The van der Waals surface area contributed by atoms with Crippen molar-refractivity contribution in [2.75, 3.05) is 0 Å². The highest BCUT2D eigenvalue weighted by Gasteiger charge is 2.08. The van der Waals surface area contributed by atoms with Crippen LogP contribution in [0.1, 0.15) is 16.7 Å². The second-order valence-corrected chi connectivity index (χ2v) is 4.59. The molecule has 0 radical (unpaired) electrons. The number of nitrogens with zero attached hydrogens (tertiary/aromatic N) is 1. The van der Waals surface area contributed by atoms with Crippen molar-refractivity contribution in [3.05, 3.63) is 58.1 Å². The number of rotatable bonds is 3. The molecule has 2 aromatic rings. The number of aryl methyl sites for hydroxylation is 1. The lowest BCUT2D eigenvalue weighted by Gasteiger charge is -2.10. The number of ether oxygens (including phenoxy) is 1. The van der Waals surface area contributed by atoms with Gasteiger partial charge in [-0.25, -0.2) is 0 Å². The third kappa shape index (κ3) is 3.05. The molecule has 0 spiro atoms. The molecule has 3 nitrogen and oxygen atoms in total. The van der Waals surface area contributed by atoms with Crippen molar-refractivity contribution in [3.63, 3.8) is 0 Å². The van der Waals surface area contributed by atoms with E-state index in [-0.39, 0.29) is 0 Å². The number of nitriles is 1. The average Bonchev–Trinajstić information content (AvgIpc) is 2.42. The van der Waals surface area contributed by atoms with Crippen LogP contribution in [-0.2, 0) is 6.54 Å². The van der Waals surface area contributed by atoms with Gasteiger partial charge in [0.05, 0.1) is 10.6 Å². The summed E-state index contributed by atoms with van der Waals surface area (Å²) in [4.78, 5) is 0. The molecule has 0 aliphatic carbocycles. The van der Waals surface area contributed by atoms with Crippen molar-refractivity contribution in [2.24, 2.45) is 5.73 Å². The zero-order valence-electron chi connectivity index (χ0n) is 10.5. The van der Waals surface area contributed by atoms with Crippen LogP contribution in [-0.4, -0.2) is 0 Å². The number of nitrogens with two attached hydrogens (primary N) is 1. The Morgan fingerprint density at radius 1 is 1.21 bits per heavy atom. The summed E-state index contributed by atoms with van der Waals surface area (Å²) >= 11 is 6.11. The van der Waals surface area contributed by atoms with Gasteiger partial charge in [-0.05, 0) is 42.3 Å². The second-order valence-electron chi connectivity index (χ2n) is 4.18. The summed E-state index contributed by atoms with van der Waals surface area (Å²) in [5.41, 5.74) is 7.93. The summed E-state index contributed by atoms with van der Waals surface area (Å²) in [5, 5.41) is 9.65. The fraction of sp³-hybridized carbons (Fsp3) is 0.133. The molecule has 96 valence electrons. The van der Waals surface area contributed by atoms with Gasteiger partial charge in [-0.1, -0.05) is 23.7 Å². The summed E-state index contributed by atoms with van der Waals surface area (Å²) in [6.07, 6.45) is 0. The summed E-state index contributed by atoms with van der Waals surface area (Å²) in [7, 11) is 0. The first kappa shape index (κ1) is 13.4. The fourth-order valence-corrected chi connectivity index (χ4v) is 1.96. The molecule has 0 amide bonds.